The highest BCUT2D eigenvalue weighted by Gasteiger charge is 2.42. The predicted octanol–water partition coefficient (Wildman–Crippen LogP) is 3.00. The second kappa shape index (κ2) is 6.37. The molecule has 2 unspecified atom stereocenters. The Balaban J connectivity index is 1.48. The van der Waals surface area contributed by atoms with Crippen molar-refractivity contribution >= 4 is 0 Å². The zero-order chi connectivity index (χ0) is 14.7. The lowest BCUT2D eigenvalue weighted by molar-refractivity contribution is -0.0963. The fraction of sp³-hybridized carbons (Fsp3) is 0.667. The van der Waals surface area contributed by atoms with Gasteiger partial charge in [0.1, 0.15) is 12.4 Å². The van der Waals surface area contributed by atoms with Gasteiger partial charge in [0.15, 0.2) is 0 Å². The third-order valence-electron chi connectivity index (χ3n) is 5.27. The summed E-state index contributed by atoms with van der Waals surface area (Å²) in [5, 5.41) is 10.7. The Labute approximate surface area is 127 Å². The summed E-state index contributed by atoms with van der Waals surface area (Å²) in [5.74, 6) is 1.46. The van der Waals surface area contributed by atoms with Crippen molar-refractivity contribution in [1.82, 2.24) is 4.90 Å². The van der Waals surface area contributed by atoms with Crippen LogP contribution in [-0.4, -0.2) is 41.8 Å². The number of aryl methyl sites for hydroxylation is 1. The molecule has 1 N–H and O–H groups in total. The minimum Gasteiger partial charge on any atom is -0.492 e. The van der Waals surface area contributed by atoms with Gasteiger partial charge < -0.3 is 9.84 Å². The maximum absolute atomic E-state index is 10.7. The number of likely N-dealkylation sites (tertiary alicyclic amines) is 1. The van der Waals surface area contributed by atoms with E-state index in [0.717, 1.165) is 44.8 Å². The van der Waals surface area contributed by atoms with E-state index in [0.29, 0.717) is 5.92 Å². The SMILES string of the molecule is Cc1ccccc1OCCN1CCC2(O)CCCCC2C1. The number of piperidine rings is 1. The van der Waals surface area contributed by atoms with E-state index in [9.17, 15) is 5.11 Å². The maximum Gasteiger partial charge on any atom is 0.122 e. The van der Waals surface area contributed by atoms with Crippen LogP contribution in [-0.2, 0) is 0 Å². The lowest BCUT2D eigenvalue weighted by atomic mass is 9.71. The van der Waals surface area contributed by atoms with Gasteiger partial charge in [-0.1, -0.05) is 31.0 Å². The molecule has 1 aromatic rings. The van der Waals surface area contributed by atoms with Crippen molar-refractivity contribution in [2.75, 3.05) is 26.2 Å². The number of aliphatic hydroxyl groups is 1. The van der Waals surface area contributed by atoms with Gasteiger partial charge in [0.2, 0.25) is 0 Å². The summed E-state index contributed by atoms with van der Waals surface area (Å²) in [6.07, 6.45) is 5.60. The minimum atomic E-state index is -0.369. The molecule has 3 heteroatoms. The van der Waals surface area contributed by atoms with E-state index in [2.05, 4.69) is 17.9 Å². The first-order valence-electron chi connectivity index (χ1n) is 8.30. The molecule has 2 fully saturated rings. The van der Waals surface area contributed by atoms with Crippen LogP contribution < -0.4 is 4.74 Å². The van der Waals surface area contributed by atoms with Crippen molar-refractivity contribution in [2.45, 2.75) is 44.6 Å². The highest BCUT2D eigenvalue weighted by molar-refractivity contribution is 5.31. The second-order valence-electron chi connectivity index (χ2n) is 6.71. The molecule has 3 rings (SSSR count). The summed E-state index contributed by atoms with van der Waals surface area (Å²) < 4.78 is 5.90. The molecule has 0 aromatic heterocycles. The maximum atomic E-state index is 10.7. The van der Waals surface area contributed by atoms with Crippen molar-refractivity contribution in [2.24, 2.45) is 5.92 Å². The Morgan fingerprint density at radius 3 is 3.00 bits per heavy atom. The summed E-state index contributed by atoms with van der Waals surface area (Å²) >= 11 is 0. The number of nitrogens with zero attached hydrogens (tertiary/aromatic N) is 1. The van der Waals surface area contributed by atoms with Gasteiger partial charge in [-0.15, -0.1) is 0 Å². The molecule has 0 radical (unpaired) electrons. The van der Waals surface area contributed by atoms with E-state index >= 15 is 0 Å². The van der Waals surface area contributed by atoms with Crippen LogP contribution in [0.4, 0.5) is 0 Å². The average Bonchev–Trinajstić information content (AvgIpc) is 2.49. The van der Waals surface area contributed by atoms with Crippen molar-refractivity contribution in [3.8, 4) is 5.75 Å². The summed E-state index contributed by atoms with van der Waals surface area (Å²) in [6, 6.07) is 8.17. The molecular formula is C18H27NO2. The predicted molar refractivity (Wildman–Crippen MR) is 84.6 cm³/mol. The van der Waals surface area contributed by atoms with Gasteiger partial charge in [0.05, 0.1) is 5.60 Å². The Morgan fingerprint density at radius 1 is 1.29 bits per heavy atom. The van der Waals surface area contributed by atoms with E-state index in [1.807, 2.05) is 18.2 Å². The molecule has 21 heavy (non-hydrogen) atoms. The van der Waals surface area contributed by atoms with Gasteiger partial charge in [-0.2, -0.15) is 0 Å². The third-order valence-corrected chi connectivity index (χ3v) is 5.27. The molecule has 3 nitrogen and oxygen atoms in total. The van der Waals surface area contributed by atoms with E-state index in [1.165, 1.54) is 24.8 Å². The number of hydrogen-bond acceptors (Lipinski definition) is 3. The number of hydrogen-bond donors (Lipinski definition) is 1. The quantitative estimate of drug-likeness (QED) is 0.925. The second-order valence-corrected chi connectivity index (χ2v) is 6.71. The molecule has 0 bridgehead atoms. The largest absolute Gasteiger partial charge is 0.492 e. The fourth-order valence-electron chi connectivity index (χ4n) is 3.85. The van der Waals surface area contributed by atoms with Crippen LogP contribution in [0, 0.1) is 12.8 Å². The molecule has 0 spiro atoms. The number of fused-ring (bicyclic) bond motifs is 1. The topological polar surface area (TPSA) is 32.7 Å². The molecule has 1 aromatic carbocycles. The highest BCUT2D eigenvalue weighted by atomic mass is 16.5. The zero-order valence-electron chi connectivity index (χ0n) is 13.1. The first-order chi connectivity index (χ1) is 10.2. The molecule has 2 aliphatic rings. The summed E-state index contributed by atoms with van der Waals surface area (Å²) in [6.45, 7) is 5.81. The third kappa shape index (κ3) is 3.41. The molecule has 1 saturated carbocycles. The monoisotopic (exact) mass is 289 g/mol. The first-order valence-corrected chi connectivity index (χ1v) is 8.30. The van der Waals surface area contributed by atoms with Gasteiger partial charge in [-0.3, -0.25) is 4.90 Å². The van der Waals surface area contributed by atoms with Crippen molar-refractivity contribution < 1.29 is 9.84 Å². The number of benzene rings is 1. The molecule has 0 amide bonds. The molecular weight excluding hydrogens is 262 g/mol. The zero-order valence-corrected chi connectivity index (χ0v) is 13.1. The summed E-state index contributed by atoms with van der Waals surface area (Å²) in [5.41, 5.74) is 0.823. The minimum absolute atomic E-state index is 0.369. The van der Waals surface area contributed by atoms with Crippen LogP contribution in [0.15, 0.2) is 24.3 Å². The first kappa shape index (κ1) is 14.9. The van der Waals surface area contributed by atoms with Crippen LogP contribution in [0.25, 0.3) is 0 Å². The van der Waals surface area contributed by atoms with Crippen molar-refractivity contribution in [1.29, 1.82) is 0 Å². The standard InChI is InChI=1S/C18H27NO2/c1-15-6-2-3-8-17(15)21-13-12-19-11-10-18(20)9-5-4-7-16(18)14-19/h2-3,6,8,16,20H,4-5,7,9-14H2,1H3. The summed E-state index contributed by atoms with van der Waals surface area (Å²) in [7, 11) is 0. The van der Waals surface area contributed by atoms with Gasteiger partial charge in [0, 0.05) is 25.6 Å². The van der Waals surface area contributed by atoms with Crippen LogP contribution >= 0.6 is 0 Å². The summed E-state index contributed by atoms with van der Waals surface area (Å²) in [4.78, 5) is 2.46. The molecule has 1 heterocycles. The fourth-order valence-corrected chi connectivity index (χ4v) is 3.85. The average molecular weight is 289 g/mol. The van der Waals surface area contributed by atoms with E-state index in [4.69, 9.17) is 4.74 Å². The van der Waals surface area contributed by atoms with Crippen molar-refractivity contribution in [3.63, 3.8) is 0 Å². The lowest BCUT2D eigenvalue weighted by Crippen LogP contribution is -2.53. The van der Waals surface area contributed by atoms with E-state index < -0.39 is 0 Å². The van der Waals surface area contributed by atoms with Crippen LogP contribution in [0.1, 0.15) is 37.7 Å². The van der Waals surface area contributed by atoms with Crippen molar-refractivity contribution in [3.05, 3.63) is 29.8 Å². The normalized spacial score (nSPS) is 29.9. The Kier molecular flexibility index (Phi) is 4.51. The smallest absolute Gasteiger partial charge is 0.122 e. The van der Waals surface area contributed by atoms with Crippen LogP contribution in [0.5, 0.6) is 5.75 Å². The van der Waals surface area contributed by atoms with Gasteiger partial charge in [-0.25, -0.2) is 0 Å². The Hall–Kier alpha value is -1.06. The Bertz CT molecular complexity index is 476. The Morgan fingerprint density at radius 2 is 2.14 bits per heavy atom. The molecule has 1 aliphatic heterocycles. The van der Waals surface area contributed by atoms with Crippen LogP contribution in [0.2, 0.25) is 0 Å². The molecule has 116 valence electrons. The highest BCUT2D eigenvalue weighted by Crippen LogP contribution is 2.39. The van der Waals surface area contributed by atoms with Gasteiger partial charge in [-0.05, 0) is 37.8 Å². The number of para-hydroxylation sites is 1. The van der Waals surface area contributed by atoms with E-state index in [1.54, 1.807) is 0 Å². The van der Waals surface area contributed by atoms with Gasteiger partial charge in [0.25, 0.3) is 0 Å². The molecule has 1 aliphatic carbocycles. The van der Waals surface area contributed by atoms with E-state index in [-0.39, 0.29) is 5.60 Å². The molecule has 1 saturated heterocycles. The number of rotatable bonds is 4. The molecule has 2 atom stereocenters. The van der Waals surface area contributed by atoms with Gasteiger partial charge >= 0.3 is 0 Å². The number of ether oxygens (including phenoxy) is 1. The lowest BCUT2D eigenvalue weighted by Gasteiger charge is -2.47. The van der Waals surface area contributed by atoms with Crippen LogP contribution in [0.3, 0.4) is 0 Å².